The molecule has 7 heteroatoms. The number of thiocarbonyl (C=S) groups is 1. The Morgan fingerprint density at radius 2 is 1.80 bits per heavy atom. The van der Waals surface area contributed by atoms with E-state index >= 15 is 0 Å². The van der Waals surface area contributed by atoms with E-state index in [1.807, 2.05) is 0 Å². The maximum absolute atomic E-state index is 12.0. The molecule has 0 aliphatic heterocycles. The fourth-order valence-electron chi connectivity index (χ4n) is 0.831. The summed E-state index contributed by atoms with van der Waals surface area (Å²) in [7, 11) is 0. The van der Waals surface area contributed by atoms with Gasteiger partial charge in [0, 0.05) is 0 Å². The van der Waals surface area contributed by atoms with Crippen LogP contribution in [0.15, 0.2) is 34.2 Å². The molecule has 2 nitrogen and oxygen atoms in total. The molecular formula is C8H4F3NOS2. The maximum Gasteiger partial charge on any atom is 0.578 e. The summed E-state index contributed by atoms with van der Waals surface area (Å²) in [6.07, 6.45) is 0. The van der Waals surface area contributed by atoms with Crippen LogP contribution in [0.3, 0.4) is 0 Å². The minimum atomic E-state index is -4.74. The number of isothiocyanates is 1. The zero-order valence-corrected chi connectivity index (χ0v) is 8.75. The van der Waals surface area contributed by atoms with Crippen molar-refractivity contribution >= 4 is 34.2 Å². The zero-order chi connectivity index (χ0) is 11.5. The summed E-state index contributed by atoms with van der Waals surface area (Å²) in [5, 5.41) is 2.07. The van der Waals surface area contributed by atoms with Crippen LogP contribution in [-0.4, -0.2) is 15.2 Å². The van der Waals surface area contributed by atoms with Crippen molar-refractivity contribution < 1.29 is 17.7 Å². The SMILES string of the molecule is [O-][S+](c1ccc(N=C=S)cc1)C(F)(F)F. The molecule has 1 rings (SSSR count). The lowest BCUT2D eigenvalue weighted by Gasteiger charge is -2.11. The number of hydrogen-bond acceptors (Lipinski definition) is 3. The molecule has 0 N–H and O–H groups in total. The van der Waals surface area contributed by atoms with E-state index < -0.39 is 16.7 Å². The minimum Gasteiger partial charge on any atom is -0.604 e. The van der Waals surface area contributed by atoms with Crippen LogP contribution in [0.5, 0.6) is 0 Å². The van der Waals surface area contributed by atoms with E-state index in [2.05, 4.69) is 22.4 Å². The van der Waals surface area contributed by atoms with Gasteiger partial charge in [0.25, 0.3) is 0 Å². The Morgan fingerprint density at radius 3 is 2.20 bits per heavy atom. The summed E-state index contributed by atoms with van der Waals surface area (Å²) < 4.78 is 46.9. The number of benzene rings is 1. The lowest BCUT2D eigenvalue weighted by atomic mass is 10.3. The Hall–Kier alpha value is -0.880. The lowest BCUT2D eigenvalue weighted by molar-refractivity contribution is -0.0435. The van der Waals surface area contributed by atoms with E-state index in [1.54, 1.807) is 0 Å². The number of alkyl halides is 3. The molecule has 0 radical (unpaired) electrons. The van der Waals surface area contributed by atoms with Crippen LogP contribution in [0.25, 0.3) is 0 Å². The number of nitrogens with zero attached hydrogens (tertiary/aromatic N) is 1. The van der Waals surface area contributed by atoms with Crippen molar-refractivity contribution in [1.82, 2.24) is 0 Å². The van der Waals surface area contributed by atoms with Gasteiger partial charge in [-0.25, -0.2) is 0 Å². The Balaban J connectivity index is 2.94. The van der Waals surface area contributed by atoms with Gasteiger partial charge in [0.05, 0.1) is 22.0 Å². The molecule has 1 aromatic carbocycles. The highest BCUT2D eigenvalue weighted by Gasteiger charge is 2.45. The molecule has 15 heavy (non-hydrogen) atoms. The number of hydrogen-bond donors (Lipinski definition) is 0. The van der Waals surface area contributed by atoms with Crippen LogP contribution < -0.4 is 0 Å². The van der Waals surface area contributed by atoms with Gasteiger partial charge in [-0.1, -0.05) is 0 Å². The molecule has 80 valence electrons. The van der Waals surface area contributed by atoms with Crippen molar-refractivity contribution in [2.45, 2.75) is 10.4 Å². The largest absolute Gasteiger partial charge is 0.604 e. The van der Waals surface area contributed by atoms with Gasteiger partial charge in [-0.2, -0.15) is 4.99 Å². The second-order valence-corrected chi connectivity index (χ2v) is 4.07. The molecule has 1 atom stereocenters. The average Bonchev–Trinajstić information content (AvgIpc) is 2.17. The molecule has 1 aromatic rings. The number of rotatable bonds is 2. The molecule has 1 unspecified atom stereocenters. The molecular weight excluding hydrogens is 247 g/mol. The van der Waals surface area contributed by atoms with E-state index in [0.717, 1.165) is 12.1 Å². The van der Waals surface area contributed by atoms with Crippen LogP contribution >= 0.6 is 12.2 Å². The summed E-state index contributed by atoms with van der Waals surface area (Å²) in [4.78, 5) is 3.24. The smallest absolute Gasteiger partial charge is 0.578 e. The van der Waals surface area contributed by atoms with Crippen molar-refractivity contribution in [1.29, 1.82) is 0 Å². The van der Waals surface area contributed by atoms with Crippen LogP contribution in [-0.2, 0) is 11.2 Å². The van der Waals surface area contributed by atoms with Crippen molar-refractivity contribution in [3.05, 3.63) is 24.3 Å². The predicted octanol–water partition coefficient (Wildman–Crippen LogP) is 3.05. The fourth-order valence-corrected chi connectivity index (χ4v) is 1.59. The second-order valence-electron chi connectivity index (χ2n) is 2.41. The highest BCUT2D eigenvalue weighted by Crippen LogP contribution is 2.30. The van der Waals surface area contributed by atoms with Gasteiger partial charge in [0.2, 0.25) is 0 Å². The quantitative estimate of drug-likeness (QED) is 0.460. The van der Waals surface area contributed by atoms with Crippen molar-refractivity contribution in [3.63, 3.8) is 0 Å². The molecule has 0 saturated carbocycles. The summed E-state index contributed by atoms with van der Waals surface area (Å²) in [6, 6.07) is 4.76. The Labute approximate surface area is 92.0 Å². The van der Waals surface area contributed by atoms with E-state index in [1.165, 1.54) is 12.1 Å². The second kappa shape index (κ2) is 4.76. The van der Waals surface area contributed by atoms with Crippen LogP contribution in [0.2, 0.25) is 0 Å². The number of halogens is 3. The first-order valence-electron chi connectivity index (χ1n) is 3.61. The van der Waals surface area contributed by atoms with E-state index in [-0.39, 0.29) is 4.90 Å². The molecule has 0 heterocycles. The minimum absolute atomic E-state index is 0.314. The highest BCUT2D eigenvalue weighted by molar-refractivity contribution is 7.92. The van der Waals surface area contributed by atoms with Crippen molar-refractivity contribution in [2.24, 2.45) is 4.99 Å². The van der Waals surface area contributed by atoms with Gasteiger partial charge in [-0.15, -0.1) is 13.2 Å². The first-order valence-corrected chi connectivity index (χ1v) is 5.17. The molecule has 0 saturated heterocycles. The molecule has 0 amide bonds. The lowest BCUT2D eigenvalue weighted by Crippen LogP contribution is -2.23. The third-order valence-electron chi connectivity index (χ3n) is 1.44. The highest BCUT2D eigenvalue weighted by atomic mass is 32.2. The fraction of sp³-hybridized carbons (Fsp3) is 0.125. The Morgan fingerprint density at radius 1 is 1.27 bits per heavy atom. The van der Waals surface area contributed by atoms with Crippen LogP contribution in [0.1, 0.15) is 0 Å². The van der Waals surface area contributed by atoms with Gasteiger partial charge in [-0.3, -0.25) is 0 Å². The van der Waals surface area contributed by atoms with E-state index in [9.17, 15) is 17.7 Å². The molecule has 0 aromatic heterocycles. The number of aliphatic imine (C=N–C) groups is 1. The third-order valence-corrected chi connectivity index (χ3v) is 2.65. The summed E-state index contributed by atoms with van der Waals surface area (Å²) in [5.74, 6) is 0. The predicted molar refractivity (Wildman–Crippen MR) is 53.6 cm³/mol. The van der Waals surface area contributed by atoms with Crippen LogP contribution in [0.4, 0.5) is 18.9 Å². The first kappa shape index (κ1) is 12.2. The first-order chi connectivity index (χ1) is 6.95. The molecule has 0 spiro atoms. The normalized spacial score (nSPS) is 13.1. The Bertz CT molecular complexity index is 384. The molecule has 0 fully saturated rings. The van der Waals surface area contributed by atoms with Gasteiger partial charge in [0.15, 0.2) is 4.90 Å². The van der Waals surface area contributed by atoms with Crippen molar-refractivity contribution in [3.8, 4) is 0 Å². The Kier molecular flexibility index (Phi) is 3.87. The van der Waals surface area contributed by atoms with Crippen LogP contribution in [0, 0.1) is 0 Å². The van der Waals surface area contributed by atoms with E-state index in [4.69, 9.17) is 0 Å². The van der Waals surface area contributed by atoms with Gasteiger partial charge >= 0.3 is 5.51 Å². The molecule has 0 aliphatic carbocycles. The summed E-state index contributed by atoms with van der Waals surface area (Å²) >= 11 is 1.32. The standard InChI is InChI=1S/C8H4F3NOS2/c9-8(10,11)15(13)7-3-1-6(2-4-7)12-5-14/h1-4H. The maximum atomic E-state index is 12.0. The van der Waals surface area contributed by atoms with E-state index in [0.29, 0.717) is 5.69 Å². The van der Waals surface area contributed by atoms with Gasteiger partial charge in [-0.05, 0) is 36.5 Å². The molecule has 0 aliphatic rings. The molecule has 0 bridgehead atoms. The average molecular weight is 251 g/mol. The topological polar surface area (TPSA) is 35.4 Å². The summed E-state index contributed by atoms with van der Waals surface area (Å²) in [6.45, 7) is 0. The zero-order valence-electron chi connectivity index (χ0n) is 7.12. The third kappa shape index (κ3) is 3.32. The monoisotopic (exact) mass is 251 g/mol. The van der Waals surface area contributed by atoms with Gasteiger partial charge < -0.3 is 4.55 Å². The van der Waals surface area contributed by atoms with Crippen molar-refractivity contribution in [2.75, 3.05) is 0 Å². The van der Waals surface area contributed by atoms with Gasteiger partial charge in [0.1, 0.15) is 0 Å². The summed E-state index contributed by atoms with van der Waals surface area (Å²) in [5.41, 5.74) is -4.37.